The van der Waals surface area contributed by atoms with Gasteiger partial charge in [-0.15, -0.1) is 0 Å². The normalized spacial score (nSPS) is 30.7. The number of likely N-dealkylation sites (tertiary alicyclic amines) is 1. The number of fused-ring (bicyclic) bond motifs is 4. The second kappa shape index (κ2) is 8.19. The largest absolute Gasteiger partial charge is 0.497 e. The molecule has 27 heavy (non-hydrogen) atoms. The summed E-state index contributed by atoms with van der Waals surface area (Å²) in [4.78, 5) is 17.5. The van der Waals surface area contributed by atoms with E-state index < -0.39 is 0 Å². The van der Waals surface area contributed by atoms with Crippen molar-refractivity contribution < 1.29 is 9.53 Å². The molecule has 2 N–H and O–H groups in total. The van der Waals surface area contributed by atoms with E-state index >= 15 is 0 Å². The van der Waals surface area contributed by atoms with Crippen LogP contribution in [0.15, 0.2) is 24.3 Å². The Balaban J connectivity index is 1.48. The molecule has 3 fully saturated rings. The third-order valence-corrected chi connectivity index (χ3v) is 6.83. The predicted molar refractivity (Wildman–Crippen MR) is 107 cm³/mol. The minimum Gasteiger partial charge on any atom is -0.497 e. The van der Waals surface area contributed by atoms with Gasteiger partial charge in [-0.25, -0.2) is 0 Å². The first kappa shape index (κ1) is 18.8. The van der Waals surface area contributed by atoms with E-state index in [1.54, 1.807) is 7.11 Å². The van der Waals surface area contributed by atoms with Crippen LogP contribution in [0.4, 0.5) is 0 Å². The van der Waals surface area contributed by atoms with Gasteiger partial charge in [0.25, 0.3) is 0 Å². The van der Waals surface area contributed by atoms with Gasteiger partial charge in [0.05, 0.1) is 7.11 Å². The molecule has 4 rings (SSSR count). The highest BCUT2D eigenvalue weighted by Crippen LogP contribution is 2.44. The van der Waals surface area contributed by atoms with Gasteiger partial charge < -0.3 is 15.4 Å². The number of hydrogen-bond acceptors (Lipinski definition) is 4. The highest BCUT2D eigenvalue weighted by atomic mass is 16.5. The van der Waals surface area contributed by atoms with Gasteiger partial charge >= 0.3 is 0 Å². The second-order valence-electron chi connectivity index (χ2n) is 8.54. The van der Waals surface area contributed by atoms with Gasteiger partial charge in [-0.2, -0.15) is 0 Å². The van der Waals surface area contributed by atoms with E-state index in [0.29, 0.717) is 42.8 Å². The number of nitrogens with two attached hydrogens (primary N) is 1. The summed E-state index contributed by atoms with van der Waals surface area (Å²) in [6.45, 7) is 3.60. The van der Waals surface area contributed by atoms with E-state index in [-0.39, 0.29) is 0 Å². The third-order valence-electron chi connectivity index (χ3n) is 6.83. The average molecular weight is 372 g/mol. The number of ether oxygens (including phenoxy) is 1. The molecule has 3 aliphatic heterocycles. The first-order chi connectivity index (χ1) is 13.2. The fraction of sp³-hybridized carbons (Fsp3) is 0.682. The molecule has 3 saturated heterocycles. The molecule has 0 spiro atoms. The van der Waals surface area contributed by atoms with Gasteiger partial charge in [0.1, 0.15) is 5.75 Å². The highest BCUT2D eigenvalue weighted by molar-refractivity contribution is 5.76. The lowest BCUT2D eigenvalue weighted by molar-refractivity contribution is -0.139. The first-order valence-electron chi connectivity index (χ1n) is 10.6. The summed E-state index contributed by atoms with van der Waals surface area (Å²) in [6.07, 6.45) is 6.49. The van der Waals surface area contributed by atoms with Crippen molar-refractivity contribution in [1.29, 1.82) is 0 Å². The molecule has 148 valence electrons. The van der Waals surface area contributed by atoms with Crippen LogP contribution in [0, 0.1) is 11.8 Å². The topological polar surface area (TPSA) is 58.8 Å². The fourth-order valence-corrected chi connectivity index (χ4v) is 5.61. The molecule has 1 aromatic rings. The van der Waals surface area contributed by atoms with E-state index in [1.165, 1.54) is 31.2 Å². The Morgan fingerprint density at radius 1 is 1.19 bits per heavy atom. The van der Waals surface area contributed by atoms with Gasteiger partial charge in [0.15, 0.2) is 0 Å². The Kier molecular flexibility index (Phi) is 5.69. The quantitative estimate of drug-likeness (QED) is 0.865. The summed E-state index contributed by atoms with van der Waals surface area (Å²) in [5.74, 6) is 2.47. The minimum atomic E-state index is 0.311. The van der Waals surface area contributed by atoms with Crippen LogP contribution in [-0.2, 0) is 4.79 Å². The zero-order valence-corrected chi connectivity index (χ0v) is 16.5. The van der Waals surface area contributed by atoms with E-state index in [0.717, 1.165) is 31.8 Å². The van der Waals surface area contributed by atoms with Crippen LogP contribution in [0.2, 0.25) is 0 Å². The number of rotatable bonds is 5. The Morgan fingerprint density at radius 2 is 2.00 bits per heavy atom. The Bertz CT molecular complexity index is 647. The molecule has 0 radical (unpaired) electrons. The predicted octanol–water partition coefficient (Wildman–Crippen LogP) is 2.81. The smallest absolute Gasteiger partial charge is 0.222 e. The van der Waals surface area contributed by atoms with Crippen molar-refractivity contribution in [1.82, 2.24) is 9.80 Å². The maximum absolute atomic E-state index is 12.5. The summed E-state index contributed by atoms with van der Waals surface area (Å²) < 4.78 is 5.33. The van der Waals surface area contributed by atoms with Crippen molar-refractivity contribution in [3.05, 3.63) is 29.8 Å². The van der Waals surface area contributed by atoms with Crippen molar-refractivity contribution in [3.63, 3.8) is 0 Å². The maximum Gasteiger partial charge on any atom is 0.222 e. The number of carbonyl (C=O) groups is 1. The lowest BCUT2D eigenvalue weighted by Crippen LogP contribution is -2.60. The van der Waals surface area contributed by atoms with Crippen LogP contribution in [0.5, 0.6) is 5.75 Å². The molecule has 1 amide bonds. The first-order valence-corrected chi connectivity index (χ1v) is 10.6. The van der Waals surface area contributed by atoms with Crippen LogP contribution in [-0.4, -0.2) is 55.0 Å². The summed E-state index contributed by atoms with van der Waals surface area (Å²) in [7, 11) is 1.72. The van der Waals surface area contributed by atoms with Crippen LogP contribution in [0.3, 0.4) is 0 Å². The molecular formula is C22H33N3O2. The number of benzene rings is 1. The third kappa shape index (κ3) is 3.85. The fourth-order valence-electron chi connectivity index (χ4n) is 5.61. The second-order valence-corrected chi connectivity index (χ2v) is 8.54. The molecule has 3 heterocycles. The zero-order chi connectivity index (χ0) is 18.8. The molecule has 1 aromatic carbocycles. The standard InChI is InChI=1S/C22H33N3O2/c1-27-19-9-7-17(8-10-19)20-4-2-5-21-18-12-16(14-25(20)21)13-24(15-18)22(26)6-3-11-23/h7-10,16,18,20-21H,2-6,11-15,23H2,1H3/t16-,18+,20+,21-/m0/s1. The summed E-state index contributed by atoms with van der Waals surface area (Å²) in [5, 5.41) is 0. The maximum atomic E-state index is 12.5. The van der Waals surface area contributed by atoms with Gasteiger partial charge in [-0.1, -0.05) is 12.1 Å². The van der Waals surface area contributed by atoms with Crippen LogP contribution in [0.1, 0.15) is 50.1 Å². The molecule has 5 heteroatoms. The number of methoxy groups -OCH3 is 1. The Hall–Kier alpha value is -1.59. The van der Waals surface area contributed by atoms with Gasteiger partial charge in [-0.05, 0) is 68.2 Å². The van der Waals surface area contributed by atoms with Crippen molar-refractivity contribution in [3.8, 4) is 5.75 Å². The van der Waals surface area contributed by atoms with E-state index in [9.17, 15) is 4.79 Å². The SMILES string of the molecule is COc1ccc([C@H]2CCC[C@H]3[C@@H]4C[C@@H](CN(C(=O)CCCN)C4)CN23)cc1. The minimum absolute atomic E-state index is 0.311. The van der Waals surface area contributed by atoms with Crippen molar-refractivity contribution >= 4 is 5.91 Å². The van der Waals surface area contributed by atoms with E-state index in [1.807, 2.05) is 0 Å². The lowest BCUT2D eigenvalue weighted by atomic mass is 9.74. The van der Waals surface area contributed by atoms with Crippen LogP contribution in [0.25, 0.3) is 0 Å². The number of nitrogens with zero attached hydrogens (tertiary/aromatic N) is 2. The average Bonchev–Trinajstić information content (AvgIpc) is 2.71. The van der Waals surface area contributed by atoms with Crippen LogP contribution >= 0.6 is 0 Å². The van der Waals surface area contributed by atoms with Gasteiger partial charge in [-0.3, -0.25) is 9.69 Å². The van der Waals surface area contributed by atoms with Crippen molar-refractivity contribution in [2.24, 2.45) is 17.6 Å². The number of piperidine rings is 3. The molecule has 0 aromatic heterocycles. The number of carbonyl (C=O) groups excluding carboxylic acids is 1. The number of hydrogen-bond donors (Lipinski definition) is 1. The zero-order valence-electron chi connectivity index (χ0n) is 16.5. The molecule has 2 bridgehead atoms. The van der Waals surface area contributed by atoms with Crippen LogP contribution < -0.4 is 10.5 Å². The molecule has 5 nitrogen and oxygen atoms in total. The van der Waals surface area contributed by atoms with Gasteiger partial charge in [0.2, 0.25) is 5.91 Å². The molecule has 0 aliphatic carbocycles. The van der Waals surface area contributed by atoms with E-state index in [2.05, 4.69) is 34.1 Å². The molecule has 4 atom stereocenters. The molecule has 0 saturated carbocycles. The molecule has 3 aliphatic rings. The van der Waals surface area contributed by atoms with Crippen molar-refractivity contribution in [2.45, 2.75) is 50.6 Å². The Morgan fingerprint density at radius 3 is 2.74 bits per heavy atom. The van der Waals surface area contributed by atoms with E-state index in [4.69, 9.17) is 10.5 Å². The summed E-state index contributed by atoms with van der Waals surface area (Å²) in [5.41, 5.74) is 7.00. The lowest BCUT2D eigenvalue weighted by Gasteiger charge is -2.55. The molecular weight excluding hydrogens is 338 g/mol. The summed E-state index contributed by atoms with van der Waals surface area (Å²) >= 11 is 0. The Labute approximate surface area is 162 Å². The van der Waals surface area contributed by atoms with Crippen molar-refractivity contribution in [2.75, 3.05) is 33.3 Å². The molecule has 0 unspecified atom stereocenters. The number of amides is 1. The monoisotopic (exact) mass is 371 g/mol. The summed E-state index contributed by atoms with van der Waals surface area (Å²) in [6, 6.07) is 9.77. The van der Waals surface area contributed by atoms with Gasteiger partial charge in [0, 0.05) is 38.1 Å². The highest BCUT2D eigenvalue weighted by Gasteiger charge is 2.45.